The van der Waals surface area contributed by atoms with Gasteiger partial charge in [-0.05, 0) is 36.6 Å². The zero-order chi connectivity index (χ0) is 19.7. The Morgan fingerprint density at radius 2 is 2.07 bits per heavy atom. The number of imide groups is 1. The molecule has 8 nitrogen and oxygen atoms in total. The Morgan fingerprint density at radius 1 is 1.21 bits per heavy atom. The average molecular weight is 386 g/mol. The first-order valence-corrected chi connectivity index (χ1v) is 9.88. The maximum absolute atomic E-state index is 12.9. The minimum Gasteiger partial charge on any atom is -0.396 e. The smallest absolute Gasteiger partial charge is 0.255 e. The van der Waals surface area contributed by atoms with Crippen molar-refractivity contribution in [3.05, 3.63) is 34.9 Å². The number of nitrogens with zero attached hydrogens (tertiary/aromatic N) is 1. The van der Waals surface area contributed by atoms with Gasteiger partial charge in [-0.2, -0.15) is 0 Å². The maximum Gasteiger partial charge on any atom is 0.255 e. The molecule has 4 rings (SSSR count). The Balaban J connectivity index is 1.43. The fourth-order valence-corrected chi connectivity index (χ4v) is 4.34. The summed E-state index contributed by atoms with van der Waals surface area (Å²) in [6.07, 6.45) is 1.59. The van der Waals surface area contributed by atoms with E-state index < -0.39 is 6.04 Å². The van der Waals surface area contributed by atoms with E-state index in [1.54, 1.807) is 4.90 Å². The van der Waals surface area contributed by atoms with Gasteiger partial charge in [0.25, 0.3) is 5.91 Å². The van der Waals surface area contributed by atoms with Crippen LogP contribution in [0.25, 0.3) is 0 Å². The fraction of sp³-hybridized carbons (Fsp3) is 0.550. The summed E-state index contributed by atoms with van der Waals surface area (Å²) in [7, 11) is 0. The summed E-state index contributed by atoms with van der Waals surface area (Å²) in [6.45, 7) is 2.90. The molecule has 150 valence electrons. The van der Waals surface area contributed by atoms with Gasteiger partial charge in [-0.15, -0.1) is 0 Å². The van der Waals surface area contributed by atoms with Crippen molar-refractivity contribution in [3.8, 4) is 0 Å². The zero-order valence-corrected chi connectivity index (χ0v) is 15.7. The van der Waals surface area contributed by atoms with Crippen LogP contribution in [0.2, 0.25) is 0 Å². The number of benzene rings is 1. The molecular formula is C20H26N4O4. The average Bonchev–Trinajstić information content (AvgIpc) is 3.02. The number of carbonyl (C=O) groups excluding carboxylic acids is 3. The third-order valence-corrected chi connectivity index (χ3v) is 6.00. The third-order valence-electron chi connectivity index (χ3n) is 6.00. The molecule has 28 heavy (non-hydrogen) atoms. The van der Waals surface area contributed by atoms with Gasteiger partial charge in [-0.25, -0.2) is 0 Å². The van der Waals surface area contributed by atoms with Crippen LogP contribution in [0.15, 0.2) is 18.2 Å². The van der Waals surface area contributed by atoms with Crippen LogP contribution in [0.3, 0.4) is 0 Å². The molecular weight excluding hydrogens is 360 g/mol. The molecule has 2 saturated heterocycles. The number of hydrogen-bond donors (Lipinski definition) is 4. The van der Waals surface area contributed by atoms with E-state index in [0.717, 1.165) is 30.6 Å². The highest BCUT2D eigenvalue weighted by Gasteiger charge is 2.39. The van der Waals surface area contributed by atoms with E-state index in [-0.39, 0.29) is 42.7 Å². The van der Waals surface area contributed by atoms with Crippen LogP contribution >= 0.6 is 0 Å². The molecule has 3 heterocycles. The second-order valence-corrected chi connectivity index (χ2v) is 7.81. The highest BCUT2D eigenvalue weighted by atomic mass is 16.3. The molecule has 8 heteroatoms. The number of carbonyl (C=O) groups is 3. The molecule has 2 fully saturated rings. The minimum absolute atomic E-state index is 0.147. The van der Waals surface area contributed by atoms with E-state index >= 15 is 0 Å². The molecule has 3 aliphatic rings. The molecule has 4 N–H and O–H groups in total. The summed E-state index contributed by atoms with van der Waals surface area (Å²) in [5, 5.41) is 18.6. The van der Waals surface area contributed by atoms with Crippen molar-refractivity contribution < 1.29 is 19.5 Å². The van der Waals surface area contributed by atoms with E-state index in [1.165, 1.54) is 0 Å². The van der Waals surface area contributed by atoms with Crippen molar-refractivity contribution in [1.82, 2.24) is 20.9 Å². The van der Waals surface area contributed by atoms with Gasteiger partial charge in [0.1, 0.15) is 6.04 Å². The standard InChI is InChI=1S/C20H26N4O4/c25-11-14-9-21-6-5-16(14)22-8-12-1-2-13-10-24(20(28)15(13)7-12)17-3-4-18(26)23-19(17)27/h1-2,7,14,16-17,21-22,25H,3-6,8-11H2,(H,23,26,27). The molecule has 0 radical (unpaired) electrons. The molecule has 1 aromatic rings. The van der Waals surface area contributed by atoms with Crippen LogP contribution in [0.1, 0.15) is 40.7 Å². The van der Waals surface area contributed by atoms with Crippen LogP contribution in [-0.4, -0.2) is 59.5 Å². The Morgan fingerprint density at radius 3 is 2.86 bits per heavy atom. The van der Waals surface area contributed by atoms with Gasteiger partial charge in [0.05, 0.1) is 0 Å². The highest BCUT2D eigenvalue weighted by molar-refractivity contribution is 6.05. The summed E-state index contributed by atoms with van der Waals surface area (Å²) in [4.78, 5) is 37.9. The van der Waals surface area contributed by atoms with Crippen LogP contribution < -0.4 is 16.0 Å². The topological polar surface area (TPSA) is 111 Å². The number of aliphatic hydroxyl groups is 1. The van der Waals surface area contributed by atoms with Gasteiger partial charge >= 0.3 is 0 Å². The summed E-state index contributed by atoms with van der Waals surface area (Å²) >= 11 is 0. The van der Waals surface area contributed by atoms with Gasteiger partial charge in [-0.3, -0.25) is 19.7 Å². The van der Waals surface area contributed by atoms with Crippen molar-refractivity contribution >= 4 is 17.7 Å². The molecule has 1 aromatic carbocycles. The van der Waals surface area contributed by atoms with E-state index in [2.05, 4.69) is 16.0 Å². The first-order valence-electron chi connectivity index (χ1n) is 9.88. The lowest BCUT2D eigenvalue weighted by Gasteiger charge is -2.31. The number of aliphatic hydroxyl groups excluding tert-OH is 1. The van der Waals surface area contributed by atoms with Gasteiger partial charge < -0.3 is 20.6 Å². The molecule has 3 atom stereocenters. The number of rotatable bonds is 5. The van der Waals surface area contributed by atoms with Crippen LogP contribution in [0.4, 0.5) is 0 Å². The van der Waals surface area contributed by atoms with Crippen molar-refractivity contribution in [2.75, 3.05) is 19.7 Å². The van der Waals surface area contributed by atoms with E-state index in [1.807, 2.05) is 18.2 Å². The normalized spacial score (nSPS) is 27.7. The monoisotopic (exact) mass is 386 g/mol. The number of hydrogen-bond acceptors (Lipinski definition) is 6. The largest absolute Gasteiger partial charge is 0.396 e. The molecule has 0 spiro atoms. The molecule has 0 aromatic heterocycles. The van der Waals surface area contributed by atoms with Gasteiger partial charge in [-0.1, -0.05) is 12.1 Å². The lowest BCUT2D eigenvalue weighted by Crippen LogP contribution is -2.52. The molecule has 0 bridgehead atoms. The minimum atomic E-state index is -0.584. The van der Waals surface area contributed by atoms with Crippen LogP contribution in [0.5, 0.6) is 0 Å². The van der Waals surface area contributed by atoms with E-state index in [0.29, 0.717) is 25.1 Å². The molecule has 3 amide bonds. The van der Waals surface area contributed by atoms with Crippen molar-refractivity contribution in [1.29, 1.82) is 0 Å². The second-order valence-electron chi connectivity index (χ2n) is 7.81. The second kappa shape index (κ2) is 7.98. The molecule has 0 saturated carbocycles. The fourth-order valence-electron chi connectivity index (χ4n) is 4.34. The van der Waals surface area contributed by atoms with Crippen LogP contribution in [0, 0.1) is 5.92 Å². The number of piperidine rings is 2. The first kappa shape index (κ1) is 19.0. The Labute approximate surface area is 163 Å². The quantitative estimate of drug-likeness (QED) is 0.508. The first-order chi connectivity index (χ1) is 13.6. The molecule has 3 aliphatic heterocycles. The van der Waals surface area contributed by atoms with E-state index in [4.69, 9.17) is 0 Å². The highest BCUT2D eigenvalue weighted by Crippen LogP contribution is 2.28. The SMILES string of the molecule is O=C1CCC(N2Cc3ccc(CNC4CCNCC4CO)cc3C2=O)C(=O)N1. The predicted octanol–water partition coefficient (Wildman–Crippen LogP) is -0.492. The number of amides is 3. The Bertz CT molecular complexity index is 796. The summed E-state index contributed by atoms with van der Waals surface area (Å²) in [5.74, 6) is -0.632. The number of fused-ring (bicyclic) bond motifs is 1. The lowest BCUT2D eigenvalue weighted by atomic mass is 9.94. The van der Waals surface area contributed by atoms with E-state index in [9.17, 15) is 19.5 Å². The van der Waals surface area contributed by atoms with Crippen molar-refractivity contribution in [2.45, 2.75) is 44.4 Å². The third kappa shape index (κ3) is 3.67. The molecule has 0 aliphatic carbocycles. The number of nitrogens with one attached hydrogen (secondary N) is 3. The Hall–Kier alpha value is -2.29. The van der Waals surface area contributed by atoms with Gasteiger partial charge in [0.15, 0.2) is 0 Å². The van der Waals surface area contributed by atoms with Crippen molar-refractivity contribution in [3.63, 3.8) is 0 Å². The predicted molar refractivity (Wildman–Crippen MR) is 101 cm³/mol. The van der Waals surface area contributed by atoms with Gasteiger partial charge in [0, 0.05) is 50.2 Å². The lowest BCUT2D eigenvalue weighted by molar-refractivity contribution is -0.136. The summed E-state index contributed by atoms with van der Waals surface area (Å²) in [5.41, 5.74) is 2.55. The van der Waals surface area contributed by atoms with Crippen molar-refractivity contribution in [2.24, 2.45) is 5.92 Å². The summed E-state index contributed by atoms with van der Waals surface area (Å²) < 4.78 is 0. The zero-order valence-electron chi connectivity index (χ0n) is 15.7. The van der Waals surface area contributed by atoms with Crippen LogP contribution in [-0.2, 0) is 22.7 Å². The molecule has 3 unspecified atom stereocenters. The maximum atomic E-state index is 12.9. The van der Waals surface area contributed by atoms with Gasteiger partial charge in [0.2, 0.25) is 11.8 Å². The summed E-state index contributed by atoms with van der Waals surface area (Å²) in [6, 6.07) is 5.50. The Kier molecular flexibility index (Phi) is 5.43.